The van der Waals surface area contributed by atoms with Crippen molar-refractivity contribution in [1.29, 1.82) is 0 Å². The Kier molecular flexibility index (Phi) is 11.0. The molecule has 7 aromatic rings. The van der Waals surface area contributed by atoms with E-state index in [1.807, 2.05) is 115 Å². The molecule has 6 aromatic carbocycles. The van der Waals surface area contributed by atoms with Crippen LogP contribution in [0.5, 0.6) is 0 Å². The summed E-state index contributed by atoms with van der Waals surface area (Å²) in [7, 11) is 0. The van der Waals surface area contributed by atoms with Gasteiger partial charge in [0.05, 0.1) is 5.56 Å². The van der Waals surface area contributed by atoms with Gasteiger partial charge in [-0.1, -0.05) is 169 Å². The summed E-state index contributed by atoms with van der Waals surface area (Å²) in [5.41, 5.74) is 4.72. The molecule has 7 rings (SSSR count). The number of oxime groups is 1. The number of nitrogens with zero attached hydrogens (tertiary/aromatic N) is 2. The number of carboxylic acid groups (broad SMARTS) is 1. The number of aromatic nitrogens is 1. The fraction of sp³-hybridized carbons (Fsp3) is 0.0667. The van der Waals surface area contributed by atoms with Gasteiger partial charge in [-0.25, -0.2) is 14.6 Å². The average molecular weight is 730 g/mol. The number of carbonyl (C=O) groups excluding carboxylic acids is 1. The molecule has 54 heavy (non-hydrogen) atoms. The number of nitrogens with one attached hydrogen (secondary N) is 1. The highest BCUT2D eigenvalue weighted by Crippen LogP contribution is 2.40. The van der Waals surface area contributed by atoms with E-state index in [1.54, 1.807) is 29.6 Å². The number of benzene rings is 6. The van der Waals surface area contributed by atoms with Crippen molar-refractivity contribution in [2.24, 2.45) is 5.16 Å². The number of carbonyl (C=O) groups is 2. The molecule has 1 heterocycles. The van der Waals surface area contributed by atoms with Crippen LogP contribution < -0.4 is 5.32 Å². The Morgan fingerprint density at radius 1 is 0.667 bits per heavy atom. The van der Waals surface area contributed by atoms with Crippen molar-refractivity contribution in [2.45, 2.75) is 18.2 Å². The van der Waals surface area contributed by atoms with Gasteiger partial charge in [0, 0.05) is 5.38 Å². The monoisotopic (exact) mass is 729 g/mol. The molecule has 9 heteroatoms. The molecule has 0 saturated heterocycles. The summed E-state index contributed by atoms with van der Waals surface area (Å²) < 4.78 is 5.98. The lowest BCUT2D eigenvalue weighted by molar-refractivity contribution is -0.129. The van der Waals surface area contributed by atoms with Crippen molar-refractivity contribution in [1.82, 2.24) is 4.98 Å². The van der Waals surface area contributed by atoms with E-state index < -0.39 is 23.6 Å². The maximum atomic E-state index is 13.2. The van der Waals surface area contributed by atoms with Crippen LogP contribution >= 0.6 is 11.3 Å². The Morgan fingerprint density at radius 2 is 1.13 bits per heavy atom. The Bertz CT molecular complexity index is 2180. The Hall–Kier alpha value is -6.84. The van der Waals surface area contributed by atoms with E-state index >= 15 is 0 Å². The second kappa shape index (κ2) is 16.7. The van der Waals surface area contributed by atoms with Crippen LogP contribution in [-0.2, 0) is 26.5 Å². The first-order valence-electron chi connectivity index (χ1n) is 17.2. The van der Waals surface area contributed by atoms with Crippen LogP contribution in [0.1, 0.15) is 55.5 Å². The molecule has 0 amide bonds. The number of anilines is 1. The summed E-state index contributed by atoms with van der Waals surface area (Å²) in [6.45, 7) is -0.0306. The number of ether oxygens (including phenoxy) is 1. The van der Waals surface area contributed by atoms with Gasteiger partial charge in [0.15, 0.2) is 11.2 Å². The van der Waals surface area contributed by atoms with Crippen LogP contribution in [0.2, 0.25) is 0 Å². The molecule has 0 aliphatic heterocycles. The third kappa shape index (κ3) is 7.96. The van der Waals surface area contributed by atoms with E-state index in [-0.39, 0.29) is 18.0 Å². The first-order chi connectivity index (χ1) is 26.5. The zero-order valence-electron chi connectivity index (χ0n) is 29.0. The van der Waals surface area contributed by atoms with Gasteiger partial charge in [0.25, 0.3) is 0 Å². The number of aliphatic carboxylic acids is 1. The molecule has 0 spiro atoms. The topological polar surface area (TPSA) is 110 Å². The maximum absolute atomic E-state index is 13.2. The molecule has 0 radical (unpaired) electrons. The lowest BCUT2D eigenvalue weighted by atomic mass is 9.77. The standard InChI is InChI=1S/C45H35N3O5S/c49-42(50)40(48-52-30-32-26-28-35(29-27-32)43(51)53-41(33-16-6-1-7-17-33)34-18-8-2-9-19-34)39-31-54-44(46-39)47-45(36-20-10-3-11-21-36,37-22-12-4-13-23-37)38-24-14-5-15-25-38/h1-29,31,41H,30H2,(H,46,47)(H,49,50)/b48-40-. The van der Waals surface area contributed by atoms with E-state index in [1.165, 1.54) is 11.3 Å². The number of esters is 1. The van der Waals surface area contributed by atoms with E-state index in [0.29, 0.717) is 16.3 Å². The van der Waals surface area contributed by atoms with E-state index in [2.05, 4.69) is 51.9 Å². The fourth-order valence-electron chi connectivity index (χ4n) is 6.24. The first kappa shape index (κ1) is 35.6. The molecule has 0 bridgehead atoms. The second-order valence-corrected chi connectivity index (χ2v) is 13.2. The molecule has 0 aliphatic carbocycles. The number of rotatable bonds is 14. The summed E-state index contributed by atoms with van der Waals surface area (Å²) >= 11 is 1.28. The van der Waals surface area contributed by atoms with Crippen LogP contribution in [0.4, 0.5) is 5.13 Å². The minimum atomic E-state index is -1.28. The van der Waals surface area contributed by atoms with Crippen molar-refractivity contribution < 1.29 is 24.3 Å². The predicted molar refractivity (Wildman–Crippen MR) is 210 cm³/mol. The quantitative estimate of drug-likeness (QED) is 0.0497. The van der Waals surface area contributed by atoms with Gasteiger partial charge in [-0.15, -0.1) is 11.3 Å². The highest BCUT2D eigenvalue weighted by molar-refractivity contribution is 7.14. The number of carboxylic acids is 1. The van der Waals surface area contributed by atoms with Crippen molar-refractivity contribution in [3.8, 4) is 0 Å². The van der Waals surface area contributed by atoms with Crippen LogP contribution in [0.3, 0.4) is 0 Å². The Labute approximate surface area is 317 Å². The third-order valence-electron chi connectivity index (χ3n) is 8.87. The van der Waals surface area contributed by atoms with Crippen molar-refractivity contribution in [3.63, 3.8) is 0 Å². The molecule has 0 atom stereocenters. The van der Waals surface area contributed by atoms with Crippen LogP contribution in [0, 0.1) is 0 Å². The molecular weight excluding hydrogens is 695 g/mol. The van der Waals surface area contributed by atoms with Gasteiger partial charge < -0.3 is 20.0 Å². The molecular formula is C45H35N3O5S. The van der Waals surface area contributed by atoms with Crippen LogP contribution in [-0.4, -0.2) is 27.7 Å². The van der Waals surface area contributed by atoms with Crippen LogP contribution in [0.25, 0.3) is 0 Å². The minimum Gasteiger partial charge on any atom is -0.476 e. The van der Waals surface area contributed by atoms with Crippen LogP contribution in [0.15, 0.2) is 186 Å². The molecule has 0 saturated carbocycles. The van der Waals surface area contributed by atoms with Gasteiger partial charge >= 0.3 is 11.9 Å². The molecule has 2 N–H and O–H groups in total. The largest absolute Gasteiger partial charge is 0.476 e. The van der Waals surface area contributed by atoms with E-state index in [9.17, 15) is 14.7 Å². The predicted octanol–water partition coefficient (Wildman–Crippen LogP) is 9.50. The van der Waals surface area contributed by atoms with Gasteiger partial charge in [0.1, 0.15) is 17.8 Å². The SMILES string of the molecule is O=C(O)/C(=N\OCc1ccc(C(=O)OC(c2ccccc2)c2ccccc2)cc1)c1csc(NC(c2ccccc2)(c2ccccc2)c2ccccc2)n1. The zero-order valence-corrected chi connectivity index (χ0v) is 29.8. The van der Waals surface area contributed by atoms with E-state index in [4.69, 9.17) is 9.57 Å². The Morgan fingerprint density at radius 3 is 1.59 bits per heavy atom. The molecule has 0 unspecified atom stereocenters. The molecule has 0 fully saturated rings. The summed E-state index contributed by atoms with van der Waals surface area (Å²) in [6.07, 6.45) is -0.570. The molecule has 266 valence electrons. The summed E-state index contributed by atoms with van der Waals surface area (Å²) in [4.78, 5) is 35.8. The second-order valence-electron chi connectivity index (χ2n) is 12.3. The highest BCUT2D eigenvalue weighted by Gasteiger charge is 2.37. The lowest BCUT2D eigenvalue weighted by Gasteiger charge is -2.36. The number of hydrogen-bond acceptors (Lipinski definition) is 8. The number of hydrogen-bond donors (Lipinski definition) is 2. The minimum absolute atomic E-state index is 0.0306. The fourth-order valence-corrected chi connectivity index (χ4v) is 7.00. The van der Waals surface area contributed by atoms with Crippen molar-refractivity contribution in [3.05, 3.63) is 226 Å². The van der Waals surface area contributed by atoms with E-state index in [0.717, 1.165) is 27.8 Å². The smallest absolute Gasteiger partial charge is 0.360 e. The third-order valence-corrected chi connectivity index (χ3v) is 9.63. The maximum Gasteiger partial charge on any atom is 0.360 e. The number of thiazole rings is 1. The zero-order chi connectivity index (χ0) is 37.2. The summed E-state index contributed by atoms with van der Waals surface area (Å²) in [5.74, 6) is -1.76. The molecule has 1 aromatic heterocycles. The van der Waals surface area contributed by atoms with Crippen molar-refractivity contribution >= 4 is 34.1 Å². The molecule has 8 nitrogen and oxygen atoms in total. The van der Waals surface area contributed by atoms with Crippen molar-refractivity contribution in [2.75, 3.05) is 5.32 Å². The molecule has 0 aliphatic rings. The summed E-state index contributed by atoms with van der Waals surface area (Å²) in [5, 5.41) is 19.9. The van der Waals surface area contributed by atoms with Gasteiger partial charge in [-0.3, -0.25) is 0 Å². The van der Waals surface area contributed by atoms with Gasteiger partial charge in [0.2, 0.25) is 5.71 Å². The summed E-state index contributed by atoms with van der Waals surface area (Å²) in [6, 6.07) is 56.1. The highest BCUT2D eigenvalue weighted by atomic mass is 32.1. The average Bonchev–Trinajstić information content (AvgIpc) is 3.70. The lowest BCUT2D eigenvalue weighted by Crippen LogP contribution is -2.38. The Balaban J connectivity index is 1.07. The van der Waals surface area contributed by atoms with Gasteiger partial charge in [-0.2, -0.15) is 0 Å². The normalized spacial score (nSPS) is 11.5. The first-order valence-corrected chi connectivity index (χ1v) is 18.1. The van der Waals surface area contributed by atoms with Gasteiger partial charge in [-0.05, 0) is 45.5 Å².